The minimum atomic E-state index is -0.0706. The number of fused-ring (bicyclic) bond motifs is 3. The molecular weight excluding hydrogens is 360 g/mol. The fourth-order valence-electron chi connectivity index (χ4n) is 7.39. The number of hydrogen-bond acceptors (Lipinski definition) is 4. The van der Waals surface area contributed by atoms with Gasteiger partial charge in [-0.3, -0.25) is 9.78 Å². The zero-order chi connectivity index (χ0) is 20.6. The number of allylic oxidation sites excluding steroid dienone is 2. The van der Waals surface area contributed by atoms with Gasteiger partial charge in [0, 0.05) is 18.8 Å². The molecular formula is C25H36N2O2. The van der Waals surface area contributed by atoms with Crippen molar-refractivity contribution in [2.24, 2.45) is 40.2 Å². The first-order chi connectivity index (χ1) is 13.9. The summed E-state index contributed by atoms with van der Waals surface area (Å²) >= 11 is 0. The lowest BCUT2D eigenvalue weighted by Crippen LogP contribution is -2.52. The number of aromatic nitrogens is 1. The molecule has 0 saturated heterocycles. The molecule has 0 radical (unpaired) electrons. The van der Waals surface area contributed by atoms with Crippen molar-refractivity contribution < 1.29 is 9.53 Å². The molecule has 2 saturated carbocycles. The van der Waals surface area contributed by atoms with Crippen molar-refractivity contribution in [2.75, 3.05) is 13.7 Å². The highest BCUT2D eigenvalue weighted by atomic mass is 16.5. The first-order valence-electron chi connectivity index (χ1n) is 11.3. The molecule has 4 nitrogen and oxygen atoms in total. The summed E-state index contributed by atoms with van der Waals surface area (Å²) in [5.74, 6) is 2.36. The minimum absolute atomic E-state index is 0.0706. The van der Waals surface area contributed by atoms with Gasteiger partial charge in [0.25, 0.3) is 0 Å². The molecule has 6 atom stereocenters. The van der Waals surface area contributed by atoms with E-state index in [0.29, 0.717) is 36.6 Å². The summed E-state index contributed by atoms with van der Waals surface area (Å²) < 4.78 is 5.02. The molecule has 3 aliphatic carbocycles. The Morgan fingerprint density at radius 2 is 2.10 bits per heavy atom. The molecule has 2 fully saturated rings. The number of nitrogens with zero attached hydrogens (tertiary/aromatic N) is 1. The number of rotatable bonds is 5. The van der Waals surface area contributed by atoms with E-state index in [1.54, 1.807) is 0 Å². The Hall–Kier alpha value is -1.68. The fraction of sp³-hybridized carbons (Fsp3) is 0.680. The van der Waals surface area contributed by atoms with Gasteiger partial charge in [-0.1, -0.05) is 26.0 Å². The third-order valence-electron chi connectivity index (χ3n) is 8.94. The fourth-order valence-corrected chi connectivity index (χ4v) is 7.39. The highest BCUT2D eigenvalue weighted by Crippen LogP contribution is 2.66. The van der Waals surface area contributed by atoms with Crippen LogP contribution in [0.25, 0.3) is 5.57 Å². The number of hydrogen-bond donors (Lipinski definition) is 1. The Morgan fingerprint density at radius 3 is 2.79 bits per heavy atom. The summed E-state index contributed by atoms with van der Waals surface area (Å²) in [6, 6.07) is 4.26. The number of carbonyl (C=O) groups is 1. The van der Waals surface area contributed by atoms with Crippen molar-refractivity contribution in [3.63, 3.8) is 0 Å². The first kappa shape index (κ1) is 20.6. The molecule has 0 aromatic carbocycles. The summed E-state index contributed by atoms with van der Waals surface area (Å²) in [5.41, 5.74) is 9.26. The van der Waals surface area contributed by atoms with Crippen LogP contribution < -0.4 is 5.73 Å². The van der Waals surface area contributed by atoms with Crippen LogP contribution in [0.1, 0.15) is 64.4 Å². The lowest BCUT2D eigenvalue weighted by atomic mass is 9.46. The number of pyridine rings is 1. The van der Waals surface area contributed by atoms with E-state index in [-0.39, 0.29) is 16.8 Å². The van der Waals surface area contributed by atoms with Crippen LogP contribution in [0.2, 0.25) is 0 Å². The topological polar surface area (TPSA) is 65.2 Å². The monoisotopic (exact) mass is 396 g/mol. The zero-order valence-electron chi connectivity index (χ0n) is 18.2. The second-order valence-corrected chi connectivity index (χ2v) is 10.0. The average molecular weight is 397 g/mol. The Morgan fingerprint density at radius 1 is 1.28 bits per heavy atom. The summed E-state index contributed by atoms with van der Waals surface area (Å²) in [4.78, 5) is 16.5. The van der Waals surface area contributed by atoms with E-state index >= 15 is 0 Å². The predicted molar refractivity (Wildman–Crippen MR) is 116 cm³/mol. The van der Waals surface area contributed by atoms with Crippen molar-refractivity contribution >= 4 is 11.5 Å². The highest BCUT2D eigenvalue weighted by Gasteiger charge is 2.57. The van der Waals surface area contributed by atoms with Crippen LogP contribution in [0.3, 0.4) is 0 Å². The molecule has 0 spiro atoms. The van der Waals surface area contributed by atoms with Gasteiger partial charge in [0.05, 0.1) is 7.11 Å². The van der Waals surface area contributed by atoms with Crippen molar-refractivity contribution in [2.45, 2.75) is 58.8 Å². The maximum absolute atomic E-state index is 12.1. The Bertz CT molecular complexity index is 776. The van der Waals surface area contributed by atoms with Gasteiger partial charge in [-0.2, -0.15) is 0 Å². The number of carbonyl (C=O) groups excluding carboxylic acids is 1. The molecule has 0 aliphatic heterocycles. The van der Waals surface area contributed by atoms with Crippen LogP contribution in [0.4, 0.5) is 0 Å². The number of nitrogens with two attached hydrogens (primary N) is 1. The van der Waals surface area contributed by atoms with Gasteiger partial charge in [-0.05, 0) is 96.8 Å². The molecule has 1 heterocycles. The summed E-state index contributed by atoms with van der Waals surface area (Å²) in [7, 11) is 1.50. The van der Waals surface area contributed by atoms with Crippen molar-refractivity contribution in [1.82, 2.24) is 4.98 Å². The SMILES string of the molecule is COC(=O)C[C@@H]1CC[C@@H]2[C@H](CC[C@]3(C)C(c4cccnc4)=CC[C@@H]23)[C@@]1(C)CCN. The van der Waals surface area contributed by atoms with E-state index in [0.717, 1.165) is 12.8 Å². The standard InChI is InChI=1S/C25H36N2O2/c1-24(12-13-26)18(15-23(28)29-3)6-7-19-21-9-8-20(17-5-4-14-27-16-17)25(21,2)11-10-22(19)24/h4-5,8,14,16,18-19,21-22H,6-7,9-13,15,26H2,1-3H3/t18-,19-,21-,22-,24-,25+/m0/s1. The van der Waals surface area contributed by atoms with Crippen LogP contribution in [-0.2, 0) is 9.53 Å². The lowest BCUT2D eigenvalue weighted by molar-refractivity contribution is -0.147. The van der Waals surface area contributed by atoms with E-state index in [4.69, 9.17) is 10.5 Å². The number of methoxy groups -OCH3 is 1. The number of esters is 1. The Balaban J connectivity index is 1.61. The van der Waals surface area contributed by atoms with E-state index in [9.17, 15) is 4.79 Å². The normalized spacial score (nSPS) is 38.7. The van der Waals surface area contributed by atoms with Gasteiger partial charge in [0.2, 0.25) is 0 Å². The molecule has 4 heteroatoms. The molecule has 0 unspecified atom stereocenters. The smallest absolute Gasteiger partial charge is 0.305 e. The molecule has 4 rings (SSSR count). The van der Waals surface area contributed by atoms with Crippen LogP contribution in [0.5, 0.6) is 0 Å². The highest BCUT2D eigenvalue weighted by molar-refractivity contribution is 5.72. The molecule has 29 heavy (non-hydrogen) atoms. The van der Waals surface area contributed by atoms with E-state index < -0.39 is 0 Å². The second kappa shape index (κ2) is 7.86. The van der Waals surface area contributed by atoms with Crippen LogP contribution in [0, 0.1) is 34.5 Å². The molecule has 3 aliphatic rings. The van der Waals surface area contributed by atoms with Crippen molar-refractivity contribution in [3.05, 3.63) is 36.2 Å². The molecule has 2 N–H and O–H groups in total. The van der Waals surface area contributed by atoms with Gasteiger partial charge in [-0.25, -0.2) is 0 Å². The average Bonchev–Trinajstić information content (AvgIpc) is 3.08. The van der Waals surface area contributed by atoms with E-state index in [1.165, 1.54) is 43.9 Å². The minimum Gasteiger partial charge on any atom is -0.469 e. The van der Waals surface area contributed by atoms with Crippen LogP contribution >= 0.6 is 0 Å². The Labute approximate surface area is 175 Å². The third-order valence-corrected chi connectivity index (χ3v) is 8.94. The van der Waals surface area contributed by atoms with Gasteiger partial charge >= 0.3 is 5.97 Å². The van der Waals surface area contributed by atoms with E-state index in [2.05, 4.69) is 37.0 Å². The van der Waals surface area contributed by atoms with Gasteiger partial charge < -0.3 is 10.5 Å². The summed E-state index contributed by atoms with van der Waals surface area (Å²) in [6.07, 6.45) is 13.9. The predicted octanol–water partition coefficient (Wildman–Crippen LogP) is 4.85. The molecule has 0 amide bonds. The molecule has 0 bridgehead atoms. The number of ether oxygens (including phenoxy) is 1. The maximum atomic E-state index is 12.1. The maximum Gasteiger partial charge on any atom is 0.305 e. The summed E-state index contributed by atoms with van der Waals surface area (Å²) in [5, 5.41) is 0. The largest absolute Gasteiger partial charge is 0.469 e. The van der Waals surface area contributed by atoms with Gasteiger partial charge in [-0.15, -0.1) is 0 Å². The Kier molecular flexibility index (Phi) is 5.58. The quantitative estimate of drug-likeness (QED) is 0.723. The lowest BCUT2D eigenvalue weighted by Gasteiger charge is -2.59. The third kappa shape index (κ3) is 3.34. The molecule has 158 valence electrons. The zero-order valence-corrected chi connectivity index (χ0v) is 18.2. The molecule has 1 aromatic rings. The second-order valence-electron chi connectivity index (χ2n) is 10.0. The van der Waals surface area contributed by atoms with Crippen molar-refractivity contribution in [1.29, 1.82) is 0 Å². The van der Waals surface area contributed by atoms with Gasteiger partial charge in [0.15, 0.2) is 0 Å². The van der Waals surface area contributed by atoms with Gasteiger partial charge in [0.1, 0.15) is 0 Å². The van der Waals surface area contributed by atoms with Crippen LogP contribution in [-0.4, -0.2) is 24.6 Å². The van der Waals surface area contributed by atoms with Crippen molar-refractivity contribution in [3.8, 4) is 0 Å². The first-order valence-corrected chi connectivity index (χ1v) is 11.3. The summed E-state index contributed by atoms with van der Waals surface area (Å²) in [6.45, 7) is 5.59. The van der Waals surface area contributed by atoms with Crippen LogP contribution in [0.15, 0.2) is 30.6 Å². The van der Waals surface area contributed by atoms with E-state index in [1.807, 2.05) is 12.4 Å². The molecule has 1 aromatic heterocycles.